The number of aromatic nitrogens is 1. The lowest BCUT2D eigenvalue weighted by molar-refractivity contribution is 0.537. The lowest BCUT2D eigenvalue weighted by Gasteiger charge is -2.13. The summed E-state index contributed by atoms with van der Waals surface area (Å²) in [5.74, 6) is 0.492. The second-order valence-electron chi connectivity index (χ2n) is 4.48. The Kier molecular flexibility index (Phi) is 4.92. The number of thiazole rings is 1. The van der Waals surface area contributed by atoms with Crippen LogP contribution in [0, 0.1) is 12.8 Å². The minimum Gasteiger partial charge on any atom is -0.330 e. The Bertz CT molecular complexity index is 493. The van der Waals surface area contributed by atoms with Crippen molar-refractivity contribution in [3.05, 3.63) is 50.4 Å². The topological polar surface area (TPSA) is 38.9 Å². The fourth-order valence-electron chi connectivity index (χ4n) is 1.98. The molecular formula is C14H17BrN2S. The molecule has 0 saturated heterocycles. The third-order valence-corrected chi connectivity index (χ3v) is 4.39. The maximum absolute atomic E-state index is 5.88. The molecule has 1 aromatic carbocycles. The molecule has 4 heteroatoms. The van der Waals surface area contributed by atoms with Gasteiger partial charge in [0.2, 0.25) is 0 Å². The Balaban J connectivity index is 1.99. The first-order chi connectivity index (χ1) is 8.67. The lowest BCUT2D eigenvalue weighted by Crippen LogP contribution is -2.18. The van der Waals surface area contributed by atoms with Gasteiger partial charge in [-0.15, -0.1) is 11.3 Å². The second-order valence-corrected chi connectivity index (χ2v) is 6.72. The van der Waals surface area contributed by atoms with Crippen LogP contribution < -0.4 is 5.73 Å². The van der Waals surface area contributed by atoms with Crippen LogP contribution >= 0.6 is 27.3 Å². The van der Waals surface area contributed by atoms with Crippen molar-refractivity contribution >= 4 is 27.3 Å². The molecule has 0 saturated carbocycles. The maximum atomic E-state index is 5.88. The zero-order valence-electron chi connectivity index (χ0n) is 10.4. The van der Waals surface area contributed by atoms with Gasteiger partial charge in [-0.1, -0.05) is 28.1 Å². The van der Waals surface area contributed by atoms with Crippen molar-refractivity contribution in [2.24, 2.45) is 11.7 Å². The summed E-state index contributed by atoms with van der Waals surface area (Å²) in [6.07, 6.45) is 4.03. The second kappa shape index (κ2) is 6.45. The monoisotopic (exact) mass is 324 g/mol. The number of aryl methyl sites for hydroxylation is 1. The van der Waals surface area contributed by atoms with Crippen LogP contribution in [0.25, 0.3) is 0 Å². The predicted octanol–water partition coefficient (Wildman–Crippen LogP) is 3.57. The molecular weight excluding hydrogens is 308 g/mol. The molecule has 0 aliphatic rings. The zero-order chi connectivity index (χ0) is 13.0. The Morgan fingerprint density at radius 2 is 2.00 bits per heavy atom. The molecule has 0 radical (unpaired) electrons. The summed E-state index contributed by atoms with van der Waals surface area (Å²) in [5.41, 5.74) is 7.22. The Labute approximate surface area is 120 Å². The minimum atomic E-state index is 0.492. The molecule has 2 rings (SSSR count). The fraction of sp³-hybridized carbons (Fsp3) is 0.357. The van der Waals surface area contributed by atoms with E-state index in [-0.39, 0.29) is 0 Å². The number of hydrogen-bond acceptors (Lipinski definition) is 3. The van der Waals surface area contributed by atoms with Gasteiger partial charge < -0.3 is 5.73 Å². The number of nitrogens with two attached hydrogens (primary N) is 1. The molecule has 0 bridgehead atoms. The average Bonchev–Trinajstić information content (AvgIpc) is 2.77. The van der Waals surface area contributed by atoms with E-state index in [9.17, 15) is 0 Å². The zero-order valence-corrected chi connectivity index (χ0v) is 12.8. The molecule has 2 nitrogen and oxygen atoms in total. The summed E-state index contributed by atoms with van der Waals surface area (Å²) in [6, 6.07) is 8.48. The summed E-state index contributed by atoms with van der Waals surface area (Å²) >= 11 is 5.22. The predicted molar refractivity (Wildman–Crippen MR) is 80.9 cm³/mol. The highest BCUT2D eigenvalue weighted by molar-refractivity contribution is 9.10. The molecule has 18 heavy (non-hydrogen) atoms. The molecule has 1 heterocycles. The number of hydrogen-bond donors (Lipinski definition) is 1. The van der Waals surface area contributed by atoms with Crippen molar-refractivity contribution < 1.29 is 0 Å². The number of rotatable bonds is 5. The van der Waals surface area contributed by atoms with Gasteiger partial charge >= 0.3 is 0 Å². The summed E-state index contributed by atoms with van der Waals surface area (Å²) < 4.78 is 1.12. The van der Waals surface area contributed by atoms with Gasteiger partial charge in [-0.25, -0.2) is 4.98 Å². The van der Waals surface area contributed by atoms with E-state index >= 15 is 0 Å². The van der Waals surface area contributed by atoms with Crippen molar-refractivity contribution in [3.63, 3.8) is 0 Å². The first-order valence-electron chi connectivity index (χ1n) is 6.03. The maximum Gasteiger partial charge on any atom is 0.0896 e. The highest BCUT2D eigenvalue weighted by Gasteiger charge is 2.10. The average molecular weight is 325 g/mol. The quantitative estimate of drug-likeness (QED) is 0.913. The van der Waals surface area contributed by atoms with Crippen LogP contribution in [0.1, 0.15) is 15.4 Å². The van der Waals surface area contributed by atoms with Crippen LogP contribution in [0.15, 0.2) is 34.9 Å². The van der Waals surface area contributed by atoms with Crippen LogP contribution in [0.3, 0.4) is 0 Å². The van der Waals surface area contributed by atoms with E-state index in [0.29, 0.717) is 12.5 Å². The molecule has 1 aromatic heterocycles. The Morgan fingerprint density at radius 1 is 1.28 bits per heavy atom. The smallest absolute Gasteiger partial charge is 0.0896 e. The van der Waals surface area contributed by atoms with E-state index in [1.54, 1.807) is 11.3 Å². The third kappa shape index (κ3) is 3.90. The molecule has 0 fully saturated rings. The summed E-state index contributed by atoms with van der Waals surface area (Å²) in [6.45, 7) is 2.76. The van der Waals surface area contributed by atoms with Gasteiger partial charge in [-0.05, 0) is 49.9 Å². The van der Waals surface area contributed by atoms with Gasteiger partial charge in [0.05, 0.1) is 5.01 Å². The van der Waals surface area contributed by atoms with Gasteiger partial charge in [-0.2, -0.15) is 0 Å². The van der Waals surface area contributed by atoms with Crippen molar-refractivity contribution in [2.75, 3.05) is 6.54 Å². The van der Waals surface area contributed by atoms with Crippen LogP contribution in [0.4, 0.5) is 0 Å². The highest BCUT2D eigenvalue weighted by Crippen LogP contribution is 2.20. The first-order valence-corrected chi connectivity index (χ1v) is 7.64. The van der Waals surface area contributed by atoms with E-state index in [0.717, 1.165) is 22.3 Å². The molecule has 2 N–H and O–H groups in total. The van der Waals surface area contributed by atoms with Gasteiger partial charge in [-0.3, -0.25) is 0 Å². The summed E-state index contributed by atoms with van der Waals surface area (Å²) in [7, 11) is 0. The molecule has 1 unspecified atom stereocenters. The van der Waals surface area contributed by atoms with E-state index in [4.69, 9.17) is 5.73 Å². The molecule has 0 spiro atoms. The van der Waals surface area contributed by atoms with Crippen LogP contribution in [0.2, 0.25) is 0 Å². The van der Waals surface area contributed by atoms with Crippen molar-refractivity contribution in [3.8, 4) is 0 Å². The molecule has 1 atom stereocenters. The first kappa shape index (κ1) is 13.7. The third-order valence-electron chi connectivity index (χ3n) is 2.93. The molecule has 0 aliphatic heterocycles. The van der Waals surface area contributed by atoms with Crippen molar-refractivity contribution in [1.29, 1.82) is 0 Å². The van der Waals surface area contributed by atoms with Crippen LogP contribution in [-0.2, 0) is 12.8 Å². The number of benzene rings is 1. The van der Waals surface area contributed by atoms with Crippen LogP contribution in [0.5, 0.6) is 0 Å². The van der Waals surface area contributed by atoms with E-state index in [1.165, 1.54) is 10.4 Å². The number of nitrogens with zero attached hydrogens (tertiary/aromatic N) is 1. The fourth-order valence-corrected chi connectivity index (χ4v) is 3.15. The van der Waals surface area contributed by atoms with E-state index in [1.807, 2.05) is 13.1 Å². The molecule has 96 valence electrons. The van der Waals surface area contributed by atoms with E-state index < -0.39 is 0 Å². The Hall–Kier alpha value is -0.710. The highest BCUT2D eigenvalue weighted by atomic mass is 79.9. The lowest BCUT2D eigenvalue weighted by atomic mass is 9.96. The van der Waals surface area contributed by atoms with Gasteiger partial charge in [0, 0.05) is 15.5 Å². The molecule has 0 amide bonds. The Morgan fingerprint density at radius 3 is 2.56 bits per heavy atom. The van der Waals surface area contributed by atoms with Gasteiger partial charge in [0.1, 0.15) is 0 Å². The van der Waals surface area contributed by atoms with E-state index in [2.05, 4.69) is 45.2 Å². The van der Waals surface area contributed by atoms with Crippen LogP contribution in [-0.4, -0.2) is 11.5 Å². The van der Waals surface area contributed by atoms with Crippen molar-refractivity contribution in [1.82, 2.24) is 4.98 Å². The van der Waals surface area contributed by atoms with Crippen molar-refractivity contribution in [2.45, 2.75) is 19.8 Å². The summed E-state index contributed by atoms with van der Waals surface area (Å²) in [5, 5.41) is 1.13. The molecule has 2 aromatic rings. The minimum absolute atomic E-state index is 0.492. The molecule has 0 aliphatic carbocycles. The number of halogens is 1. The van der Waals surface area contributed by atoms with Gasteiger partial charge in [0.25, 0.3) is 0 Å². The normalized spacial score (nSPS) is 12.6. The standard InChI is InChI=1S/C14H17BrN2S/c1-10-17-9-14(18-10)7-12(8-16)6-11-2-4-13(15)5-3-11/h2-5,9,12H,6-8,16H2,1H3. The summed E-state index contributed by atoms with van der Waals surface area (Å²) in [4.78, 5) is 5.63. The largest absolute Gasteiger partial charge is 0.330 e. The van der Waals surface area contributed by atoms with Gasteiger partial charge in [0.15, 0.2) is 0 Å². The SMILES string of the molecule is Cc1ncc(CC(CN)Cc2ccc(Br)cc2)s1.